The lowest BCUT2D eigenvalue weighted by Crippen LogP contribution is -2.45. The highest BCUT2D eigenvalue weighted by atomic mass is 19.1. The van der Waals surface area contributed by atoms with Crippen molar-refractivity contribution >= 4 is 0 Å². The first kappa shape index (κ1) is 16.4. The SMILES string of the molecule is COCC[C@@]1(CO)CCCN(Cc2ccc(F)cc2C)C1. The molecule has 0 radical (unpaired) electrons. The van der Waals surface area contributed by atoms with Crippen molar-refractivity contribution in [2.45, 2.75) is 32.7 Å². The number of rotatable bonds is 6. The van der Waals surface area contributed by atoms with E-state index in [2.05, 4.69) is 4.90 Å². The van der Waals surface area contributed by atoms with Crippen molar-refractivity contribution in [2.24, 2.45) is 5.41 Å². The number of ether oxygens (including phenoxy) is 1. The number of likely N-dealkylation sites (tertiary alicyclic amines) is 1. The first-order chi connectivity index (χ1) is 10.1. The maximum Gasteiger partial charge on any atom is 0.123 e. The summed E-state index contributed by atoms with van der Waals surface area (Å²) < 4.78 is 18.4. The minimum atomic E-state index is -0.181. The first-order valence-electron chi connectivity index (χ1n) is 7.66. The number of halogens is 1. The second-order valence-electron chi connectivity index (χ2n) is 6.29. The third kappa shape index (κ3) is 4.25. The molecule has 1 aliphatic rings. The van der Waals surface area contributed by atoms with Gasteiger partial charge in [0.2, 0.25) is 0 Å². The van der Waals surface area contributed by atoms with Crippen molar-refractivity contribution in [3.05, 3.63) is 35.1 Å². The maximum atomic E-state index is 13.2. The Bertz CT molecular complexity index is 466. The quantitative estimate of drug-likeness (QED) is 0.876. The van der Waals surface area contributed by atoms with Gasteiger partial charge in [-0.1, -0.05) is 6.07 Å². The fourth-order valence-electron chi connectivity index (χ4n) is 3.25. The van der Waals surface area contributed by atoms with Crippen LogP contribution in [0.4, 0.5) is 4.39 Å². The van der Waals surface area contributed by atoms with Gasteiger partial charge in [0, 0.05) is 32.2 Å². The standard InChI is InChI=1S/C17H26FNO2/c1-14-10-16(18)5-4-15(14)11-19-8-3-6-17(12-19,13-20)7-9-21-2/h4-5,10,20H,3,6-9,11-13H2,1-2H3/t17-/m0/s1. The second kappa shape index (κ2) is 7.34. The number of piperidine rings is 1. The van der Waals surface area contributed by atoms with Crippen LogP contribution in [0.3, 0.4) is 0 Å². The molecule has 1 aliphatic heterocycles. The summed E-state index contributed by atoms with van der Waals surface area (Å²) in [6.07, 6.45) is 3.02. The van der Waals surface area contributed by atoms with Crippen molar-refractivity contribution < 1.29 is 14.2 Å². The highest BCUT2D eigenvalue weighted by molar-refractivity contribution is 5.26. The Hall–Kier alpha value is -0.970. The Balaban J connectivity index is 2.03. The summed E-state index contributed by atoms with van der Waals surface area (Å²) in [5.41, 5.74) is 2.10. The van der Waals surface area contributed by atoms with E-state index in [1.807, 2.05) is 13.0 Å². The van der Waals surface area contributed by atoms with E-state index in [4.69, 9.17) is 4.74 Å². The van der Waals surface area contributed by atoms with E-state index in [1.54, 1.807) is 13.2 Å². The van der Waals surface area contributed by atoms with E-state index < -0.39 is 0 Å². The molecule has 1 heterocycles. The smallest absolute Gasteiger partial charge is 0.123 e. The van der Waals surface area contributed by atoms with E-state index in [1.165, 1.54) is 6.07 Å². The molecule has 118 valence electrons. The lowest BCUT2D eigenvalue weighted by Gasteiger charge is -2.42. The van der Waals surface area contributed by atoms with Crippen molar-refractivity contribution in [3.8, 4) is 0 Å². The molecule has 0 saturated carbocycles. The van der Waals surface area contributed by atoms with E-state index in [9.17, 15) is 9.50 Å². The van der Waals surface area contributed by atoms with Crippen LogP contribution in [0.5, 0.6) is 0 Å². The van der Waals surface area contributed by atoms with Crippen LogP contribution >= 0.6 is 0 Å². The first-order valence-corrected chi connectivity index (χ1v) is 7.66. The number of benzene rings is 1. The lowest BCUT2D eigenvalue weighted by molar-refractivity contribution is 0.00470. The third-order valence-corrected chi connectivity index (χ3v) is 4.61. The fourth-order valence-corrected chi connectivity index (χ4v) is 3.25. The fraction of sp³-hybridized carbons (Fsp3) is 0.647. The molecule has 1 aromatic carbocycles. The molecular weight excluding hydrogens is 269 g/mol. The molecule has 0 aromatic heterocycles. The number of hydrogen-bond donors (Lipinski definition) is 1. The number of hydrogen-bond acceptors (Lipinski definition) is 3. The zero-order valence-electron chi connectivity index (χ0n) is 13.1. The van der Waals surface area contributed by atoms with Crippen LogP contribution in [0.15, 0.2) is 18.2 Å². The predicted octanol–water partition coefficient (Wildman–Crippen LogP) is 2.75. The van der Waals surface area contributed by atoms with Gasteiger partial charge in [-0.05, 0) is 56.0 Å². The van der Waals surface area contributed by atoms with Gasteiger partial charge in [-0.25, -0.2) is 4.39 Å². The molecule has 1 aromatic rings. The van der Waals surface area contributed by atoms with Gasteiger partial charge < -0.3 is 9.84 Å². The van der Waals surface area contributed by atoms with Gasteiger partial charge >= 0.3 is 0 Å². The van der Waals surface area contributed by atoms with E-state index in [0.29, 0.717) is 6.61 Å². The van der Waals surface area contributed by atoms with Gasteiger partial charge in [-0.3, -0.25) is 4.90 Å². The monoisotopic (exact) mass is 295 g/mol. The van der Waals surface area contributed by atoms with Crippen molar-refractivity contribution in [1.82, 2.24) is 4.90 Å². The summed E-state index contributed by atoms with van der Waals surface area (Å²) in [6.45, 7) is 5.57. The Morgan fingerprint density at radius 1 is 1.43 bits per heavy atom. The zero-order valence-corrected chi connectivity index (χ0v) is 13.1. The molecule has 1 atom stereocenters. The van der Waals surface area contributed by atoms with Crippen LogP contribution in [-0.4, -0.2) is 43.4 Å². The zero-order chi connectivity index (χ0) is 15.3. The number of methoxy groups -OCH3 is 1. The van der Waals surface area contributed by atoms with E-state index >= 15 is 0 Å². The van der Waals surface area contributed by atoms with Gasteiger partial charge in [0.1, 0.15) is 5.82 Å². The van der Waals surface area contributed by atoms with Gasteiger partial charge in [-0.2, -0.15) is 0 Å². The Labute approximate surface area is 126 Å². The summed E-state index contributed by atoms with van der Waals surface area (Å²) in [5, 5.41) is 9.81. The summed E-state index contributed by atoms with van der Waals surface area (Å²) in [5.74, 6) is -0.181. The summed E-state index contributed by atoms with van der Waals surface area (Å²) in [6, 6.07) is 4.98. The van der Waals surface area contributed by atoms with Gasteiger partial charge in [0.25, 0.3) is 0 Å². The molecule has 1 fully saturated rings. The second-order valence-corrected chi connectivity index (χ2v) is 6.29. The van der Waals surface area contributed by atoms with E-state index in [-0.39, 0.29) is 17.8 Å². The van der Waals surface area contributed by atoms with Crippen LogP contribution in [0, 0.1) is 18.2 Å². The van der Waals surface area contributed by atoms with Gasteiger partial charge in [-0.15, -0.1) is 0 Å². The van der Waals surface area contributed by atoms with Crippen LogP contribution in [0.25, 0.3) is 0 Å². The molecular formula is C17H26FNO2. The molecule has 1 saturated heterocycles. The highest BCUT2D eigenvalue weighted by Crippen LogP contribution is 2.33. The highest BCUT2D eigenvalue weighted by Gasteiger charge is 2.34. The van der Waals surface area contributed by atoms with Crippen LogP contribution < -0.4 is 0 Å². The average Bonchev–Trinajstić information content (AvgIpc) is 2.48. The Morgan fingerprint density at radius 3 is 2.90 bits per heavy atom. The molecule has 0 spiro atoms. The number of aliphatic hydroxyl groups excluding tert-OH is 1. The summed E-state index contributed by atoms with van der Waals surface area (Å²) >= 11 is 0. The maximum absolute atomic E-state index is 13.2. The lowest BCUT2D eigenvalue weighted by atomic mass is 9.78. The normalized spacial score (nSPS) is 23.4. The largest absolute Gasteiger partial charge is 0.396 e. The number of aliphatic hydroxyl groups is 1. The summed E-state index contributed by atoms with van der Waals surface area (Å²) in [7, 11) is 1.70. The van der Waals surface area contributed by atoms with Crippen molar-refractivity contribution in [3.63, 3.8) is 0 Å². The minimum absolute atomic E-state index is 0.0534. The molecule has 0 unspecified atom stereocenters. The molecule has 1 N–H and O–H groups in total. The number of nitrogens with zero attached hydrogens (tertiary/aromatic N) is 1. The van der Waals surface area contributed by atoms with Crippen LogP contribution in [0.1, 0.15) is 30.4 Å². The van der Waals surface area contributed by atoms with Gasteiger partial charge in [0.05, 0.1) is 6.61 Å². The molecule has 4 heteroatoms. The summed E-state index contributed by atoms with van der Waals surface area (Å²) in [4.78, 5) is 2.37. The molecule has 21 heavy (non-hydrogen) atoms. The van der Waals surface area contributed by atoms with Gasteiger partial charge in [0.15, 0.2) is 0 Å². The molecule has 0 amide bonds. The van der Waals surface area contributed by atoms with Crippen molar-refractivity contribution in [2.75, 3.05) is 33.4 Å². The molecule has 2 rings (SSSR count). The van der Waals surface area contributed by atoms with Crippen molar-refractivity contribution in [1.29, 1.82) is 0 Å². The topological polar surface area (TPSA) is 32.7 Å². The minimum Gasteiger partial charge on any atom is -0.396 e. The number of aryl methyl sites for hydroxylation is 1. The van der Waals surface area contributed by atoms with Crippen LogP contribution in [0.2, 0.25) is 0 Å². The molecule has 0 bridgehead atoms. The Kier molecular flexibility index (Phi) is 5.73. The van der Waals surface area contributed by atoms with E-state index in [0.717, 1.165) is 50.0 Å². The average molecular weight is 295 g/mol. The molecule has 3 nitrogen and oxygen atoms in total. The molecule has 0 aliphatic carbocycles. The van der Waals surface area contributed by atoms with Crippen LogP contribution in [-0.2, 0) is 11.3 Å². The predicted molar refractivity (Wildman–Crippen MR) is 81.7 cm³/mol. The Morgan fingerprint density at radius 2 is 2.24 bits per heavy atom. The third-order valence-electron chi connectivity index (χ3n) is 4.61.